The number of alkyl halides is 3. The number of hydrogen-bond donors (Lipinski definition) is 0. The molecule has 0 aromatic carbocycles. The molecule has 7 nitrogen and oxygen atoms in total. The Morgan fingerprint density at radius 1 is 1.47 bits per heavy atom. The van der Waals surface area contributed by atoms with Crippen LogP contribution < -0.4 is 4.68 Å². The number of nitrogens with zero attached hydrogens (tertiary/aromatic N) is 4. The highest BCUT2D eigenvalue weighted by Crippen LogP contribution is 2.20. The van der Waals surface area contributed by atoms with E-state index in [2.05, 4.69) is 10.4 Å². The number of tetrazole rings is 1. The Kier molecular flexibility index (Phi) is 3.71. The lowest BCUT2D eigenvalue weighted by Gasteiger charge is -2.08. The van der Waals surface area contributed by atoms with Gasteiger partial charge in [0.2, 0.25) is 0 Å². The van der Waals surface area contributed by atoms with Crippen molar-refractivity contribution in [1.29, 1.82) is 0 Å². The van der Waals surface area contributed by atoms with Gasteiger partial charge in [-0.15, -0.1) is 4.68 Å². The maximum absolute atomic E-state index is 10.7. The summed E-state index contributed by atoms with van der Waals surface area (Å²) in [7, 11) is -4.16. The zero-order chi connectivity index (χ0) is 13.3. The molecule has 0 unspecified atom stereocenters. The second-order valence-electron chi connectivity index (χ2n) is 3.25. The van der Waals surface area contributed by atoms with Crippen molar-refractivity contribution in [1.82, 2.24) is 15.1 Å². The van der Waals surface area contributed by atoms with E-state index in [4.69, 9.17) is 13.0 Å². The van der Waals surface area contributed by atoms with Crippen molar-refractivity contribution in [2.24, 2.45) is 7.05 Å². The molecular weight excluding hydrogens is 265 g/mol. The molecule has 11 heteroatoms. The number of fused-ring (bicyclic) bond motifs is 1. The molecule has 0 fully saturated rings. The van der Waals surface area contributed by atoms with Crippen LogP contribution in [0.5, 0.6) is 0 Å². The Balaban J connectivity index is 0.000000172. The molecule has 0 aliphatic carbocycles. The number of hydrogen-bond acceptors (Lipinski definition) is 5. The summed E-state index contributed by atoms with van der Waals surface area (Å²) in [6.07, 6.45) is 2.35. The highest BCUT2D eigenvalue weighted by Gasteiger charge is 2.36. The molecule has 1 aromatic rings. The summed E-state index contributed by atoms with van der Waals surface area (Å²) in [6.45, 7) is 1.04. The van der Waals surface area contributed by atoms with Crippen LogP contribution in [0.2, 0.25) is 0 Å². The van der Waals surface area contributed by atoms with Crippen LogP contribution in [-0.4, -0.2) is 33.6 Å². The number of rotatable bonds is 0. The second kappa shape index (κ2) is 4.56. The van der Waals surface area contributed by atoms with Crippen molar-refractivity contribution in [2.45, 2.75) is 24.9 Å². The van der Waals surface area contributed by atoms with Gasteiger partial charge in [-0.3, -0.25) is 0 Å². The zero-order valence-electron chi connectivity index (χ0n) is 8.68. The standard InChI is InChI=1S/C5H9N4.CHF3O3S/c1-8-5-3-2-4-9(5)7-6-8;2-1(3,4)8(5,6)7/h2-4H2,1H3;(H,5,6,7)/q+1;/p-1. The quantitative estimate of drug-likeness (QED) is 0.347. The summed E-state index contributed by atoms with van der Waals surface area (Å²) >= 11 is 0. The summed E-state index contributed by atoms with van der Waals surface area (Å²) in [5.74, 6) is 1.25. The first kappa shape index (κ1) is 13.8. The van der Waals surface area contributed by atoms with Crippen molar-refractivity contribution >= 4 is 10.1 Å². The lowest BCUT2D eigenvalue weighted by atomic mass is 10.4. The van der Waals surface area contributed by atoms with Crippen molar-refractivity contribution in [2.75, 3.05) is 0 Å². The average Bonchev–Trinajstić information content (AvgIpc) is 2.69. The van der Waals surface area contributed by atoms with Gasteiger partial charge in [-0.1, -0.05) is 4.68 Å². The molecule has 1 aliphatic rings. The largest absolute Gasteiger partial charge is 0.741 e. The van der Waals surface area contributed by atoms with Crippen LogP contribution in [0.25, 0.3) is 0 Å². The van der Waals surface area contributed by atoms with E-state index in [0.29, 0.717) is 0 Å². The fourth-order valence-electron chi connectivity index (χ4n) is 1.23. The maximum atomic E-state index is 10.7. The van der Waals surface area contributed by atoms with E-state index < -0.39 is 15.6 Å². The molecular formula is C6H9F3N4O3S. The smallest absolute Gasteiger partial charge is 0.485 e. The van der Waals surface area contributed by atoms with Crippen LogP contribution in [0.3, 0.4) is 0 Å². The Morgan fingerprint density at radius 2 is 2.00 bits per heavy atom. The monoisotopic (exact) mass is 274 g/mol. The molecule has 2 rings (SSSR count). The third-order valence-corrected chi connectivity index (χ3v) is 2.57. The molecule has 1 aromatic heterocycles. The fourth-order valence-corrected chi connectivity index (χ4v) is 1.23. The molecule has 0 amide bonds. The summed E-state index contributed by atoms with van der Waals surface area (Å²) in [4.78, 5) is 0. The Bertz CT molecular complexity index is 495. The first-order valence-electron chi connectivity index (χ1n) is 4.44. The molecule has 0 N–H and O–H groups in total. The number of aryl methyl sites for hydroxylation is 2. The summed E-state index contributed by atoms with van der Waals surface area (Å²) in [5, 5.41) is 7.79. The van der Waals surface area contributed by atoms with E-state index >= 15 is 0 Å². The van der Waals surface area contributed by atoms with Crippen LogP contribution in [0.1, 0.15) is 12.2 Å². The minimum Gasteiger partial charge on any atom is -0.741 e. The van der Waals surface area contributed by atoms with Gasteiger partial charge < -0.3 is 4.55 Å². The minimum atomic E-state index is -6.09. The Labute approximate surface area is 94.6 Å². The zero-order valence-corrected chi connectivity index (χ0v) is 9.49. The molecule has 0 atom stereocenters. The summed E-state index contributed by atoms with van der Waals surface area (Å²) in [6, 6.07) is 0. The van der Waals surface area contributed by atoms with E-state index in [0.717, 1.165) is 13.0 Å². The Morgan fingerprint density at radius 3 is 2.41 bits per heavy atom. The Hall–Kier alpha value is -1.23. The molecule has 0 radical (unpaired) electrons. The van der Waals surface area contributed by atoms with Gasteiger partial charge >= 0.3 is 5.51 Å². The van der Waals surface area contributed by atoms with Crippen molar-refractivity contribution in [3.8, 4) is 0 Å². The van der Waals surface area contributed by atoms with E-state index in [9.17, 15) is 13.2 Å². The fraction of sp³-hybridized carbons (Fsp3) is 0.833. The lowest BCUT2D eigenvalue weighted by Crippen LogP contribution is -2.34. The molecule has 0 saturated heterocycles. The first-order valence-corrected chi connectivity index (χ1v) is 5.84. The van der Waals surface area contributed by atoms with Gasteiger partial charge in [0.05, 0.1) is 7.05 Å². The molecule has 0 saturated carbocycles. The van der Waals surface area contributed by atoms with E-state index in [1.54, 1.807) is 0 Å². The molecule has 17 heavy (non-hydrogen) atoms. The van der Waals surface area contributed by atoms with Gasteiger partial charge in [0.1, 0.15) is 11.8 Å². The molecule has 0 bridgehead atoms. The third kappa shape index (κ3) is 3.36. The van der Waals surface area contributed by atoms with Crippen LogP contribution in [0, 0.1) is 0 Å². The number of halogens is 3. The summed E-state index contributed by atoms with van der Waals surface area (Å²) in [5.41, 5.74) is -5.65. The van der Waals surface area contributed by atoms with Crippen LogP contribution in [-0.2, 0) is 30.1 Å². The SMILES string of the molecule is C[n+]1nnn2c1CCC2.O=S(=O)([O-])C(F)(F)F. The molecule has 2 heterocycles. The summed E-state index contributed by atoms with van der Waals surface area (Å²) < 4.78 is 62.7. The maximum Gasteiger partial charge on any atom is 0.485 e. The van der Waals surface area contributed by atoms with Crippen molar-refractivity contribution in [3.63, 3.8) is 0 Å². The minimum absolute atomic E-state index is 1.04. The lowest BCUT2D eigenvalue weighted by molar-refractivity contribution is -0.738. The van der Waals surface area contributed by atoms with Gasteiger partial charge in [0.15, 0.2) is 15.3 Å². The van der Waals surface area contributed by atoms with Crippen molar-refractivity contribution in [3.05, 3.63) is 5.82 Å². The van der Waals surface area contributed by atoms with Crippen LogP contribution >= 0.6 is 0 Å². The van der Waals surface area contributed by atoms with E-state index in [1.807, 2.05) is 16.4 Å². The van der Waals surface area contributed by atoms with Crippen LogP contribution in [0.15, 0.2) is 0 Å². The van der Waals surface area contributed by atoms with E-state index in [-0.39, 0.29) is 0 Å². The second-order valence-corrected chi connectivity index (χ2v) is 4.62. The van der Waals surface area contributed by atoms with Gasteiger partial charge in [-0.05, 0) is 6.42 Å². The highest BCUT2D eigenvalue weighted by molar-refractivity contribution is 7.86. The van der Waals surface area contributed by atoms with Gasteiger partial charge in [0.25, 0.3) is 5.82 Å². The normalized spacial score (nSPS) is 15.1. The predicted octanol–water partition coefficient (Wildman–Crippen LogP) is -0.900. The molecule has 98 valence electrons. The molecule has 1 aliphatic heterocycles. The van der Waals surface area contributed by atoms with Crippen LogP contribution in [0.4, 0.5) is 13.2 Å². The third-order valence-electron chi connectivity index (χ3n) is 2.01. The van der Waals surface area contributed by atoms with Gasteiger partial charge in [0, 0.05) is 6.42 Å². The van der Waals surface area contributed by atoms with Gasteiger partial charge in [-0.25, -0.2) is 8.42 Å². The molecule has 0 spiro atoms. The van der Waals surface area contributed by atoms with Gasteiger partial charge in [-0.2, -0.15) is 13.2 Å². The van der Waals surface area contributed by atoms with E-state index in [1.165, 1.54) is 12.2 Å². The highest BCUT2D eigenvalue weighted by atomic mass is 32.2. The van der Waals surface area contributed by atoms with Crippen molar-refractivity contribution < 1.29 is 30.8 Å². The predicted molar refractivity (Wildman–Crippen MR) is 45.3 cm³/mol. The number of aromatic nitrogens is 4. The average molecular weight is 274 g/mol. The topological polar surface area (TPSA) is 91.8 Å². The first-order chi connectivity index (χ1) is 7.63.